The topological polar surface area (TPSA) is 217 Å². The summed E-state index contributed by atoms with van der Waals surface area (Å²) in [5.41, 5.74) is 1.03. The summed E-state index contributed by atoms with van der Waals surface area (Å²) in [4.78, 5) is 51.7. The molecule has 5 atom stereocenters. The summed E-state index contributed by atoms with van der Waals surface area (Å²) < 4.78 is 54.6. The van der Waals surface area contributed by atoms with Crippen LogP contribution in [0.1, 0.15) is 17.3 Å². The number of anilines is 3. The zero-order valence-electron chi connectivity index (χ0n) is 27.2. The molecule has 1 fully saturated rings. The van der Waals surface area contributed by atoms with Crippen LogP contribution in [0, 0.1) is 0 Å². The Labute approximate surface area is 289 Å². The van der Waals surface area contributed by atoms with Gasteiger partial charge in [-0.15, -0.1) is 0 Å². The van der Waals surface area contributed by atoms with Crippen LogP contribution in [0.4, 0.5) is 31.4 Å². The fourth-order valence-electron chi connectivity index (χ4n) is 5.28. The van der Waals surface area contributed by atoms with E-state index in [4.69, 9.17) is 47.4 Å². The van der Waals surface area contributed by atoms with E-state index >= 15 is 0 Å². The van der Waals surface area contributed by atoms with Crippen LogP contribution in [-0.4, -0.2) is 94.0 Å². The maximum Gasteiger partial charge on any atom is 0.412 e. The van der Waals surface area contributed by atoms with E-state index < -0.39 is 61.6 Å². The number of hydrogen-bond donors (Lipinski definition) is 4. The zero-order valence-corrected chi connectivity index (χ0v) is 27.2. The van der Waals surface area contributed by atoms with Crippen LogP contribution in [0.2, 0.25) is 0 Å². The van der Waals surface area contributed by atoms with Crippen molar-refractivity contribution in [2.75, 3.05) is 49.9 Å². The second-order valence-corrected chi connectivity index (χ2v) is 10.9. The van der Waals surface area contributed by atoms with E-state index in [1.807, 2.05) is 0 Å². The molecule has 6 rings (SSSR count). The fourth-order valence-corrected chi connectivity index (χ4v) is 5.28. The number of fused-ring (bicyclic) bond motifs is 2. The van der Waals surface area contributed by atoms with Gasteiger partial charge >= 0.3 is 24.2 Å². The molecule has 18 heteroatoms. The Kier molecular flexibility index (Phi) is 10.7. The van der Waals surface area contributed by atoms with Gasteiger partial charge in [0.25, 0.3) is 0 Å². The van der Waals surface area contributed by atoms with Gasteiger partial charge in [-0.05, 0) is 55.5 Å². The van der Waals surface area contributed by atoms with E-state index in [0.29, 0.717) is 23.0 Å². The third-order valence-electron chi connectivity index (χ3n) is 7.61. The van der Waals surface area contributed by atoms with Crippen LogP contribution in [0.3, 0.4) is 0 Å². The van der Waals surface area contributed by atoms with Gasteiger partial charge in [-0.25, -0.2) is 19.2 Å². The van der Waals surface area contributed by atoms with Crippen molar-refractivity contribution in [3.8, 4) is 23.0 Å². The van der Waals surface area contributed by atoms with Gasteiger partial charge in [-0.2, -0.15) is 0 Å². The summed E-state index contributed by atoms with van der Waals surface area (Å²) in [5, 5.41) is 17.8. The molecular weight excluding hydrogens is 678 g/mol. The molecule has 270 valence electrons. The Morgan fingerprint density at radius 3 is 1.71 bits per heavy atom. The molecule has 3 heterocycles. The van der Waals surface area contributed by atoms with Crippen LogP contribution < -0.4 is 34.9 Å². The maximum absolute atomic E-state index is 13.3. The number of aliphatic hydroxyl groups is 1. The highest BCUT2D eigenvalue weighted by atomic mass is 16.7. The van der Waals surface area contributed by atoms with Crippen molar-refractivity contribution >= 4 is 41.3 Å². The fraction of sp³-hybridized carbons (Fsp3) is 0.333. The van der Waals surface area contributed by atoms with E-state index in [2.05, 4.69) is 16.0 Å². The number of carbonyl (C=O) groups excluding carboxylic acids is 4. The largest absolute Gasteiger partial charge is 0.462 e. The lowest BCUT2D eigenvalue weighted by molar-refractivity contribution is -0.290. The van der Waals surface area contributed by atoms with Gasteiger partial charge in [-0.1, -0.05) is 0 Å². The van der Waals surface area contributed by atoms with Gasteiger partial charge < -0.3 is 52.5 Å². The Hall–Kier alpha value is -5.98. The molecule has 51 heavy (non-hydrogen) atoms. The van der Waals surface area contributed by atoms with Gasteiger partial charge in [0.05, 0.1) is 18.8 Å². The number of esters is 1. The minimum atomic E-state index is -1.62. The number of amides is 3. The highest BCUT2D eigenvalue weighted by Crippen LogP contribution is 2.36. The second kappa shape index (κ2) is 15.7. The number of methoxy groups -OCH3 is 1. The first kappa shape index (κ1) is 34.9. The lowest BCUT2D eigenvalue weighted by atomic mass is 9.98. The van der Waals surface area contributed by atoms with Crippen LogP contribution in [0.5, 0.6) is 23.0 Å². The molecule has 0 aromatic heterocycles. The lowest BCUT2D eigenvalue weighted by Crippen LogP contribution is -2.63. The monoisotopic (exact) mass is 711 g/mol. The van der Waals surface area contributed by atoms with Crippen molar-refractivity contribution in [2.45, 2.75) is 37.6 Å². The predicted molar refractivity (Wildman–Crippen MR) is 172 cm³/mol. The Morgan fingerprint density at radius 2 is 1.18 bits per heavy atom. The zero-order chi connectivity index (χ0) is 35.9. The molecule has 3 aliphatic heterocycles. The predicted octanol–water partition coefficient (Wildman–Crippen LogP) is 3.84. The molecule has 0 aliphatic carbocycles. The highest BCUT2D eigenvalue weighted by Gasteiger charge is 2.53. The van der Waals surface area contributed by atoms with Crippen molar-refractivity contribution in [3.05, 3.63) is 66.2 Å². The average molecular weight is 712 g/mol. The first-order chi connectivity index (χ1) is 24.7. The third-order valence-corrected chi connectivity index (χ3v) is 7.61. The van der Waals surface area contributed by atoms with Gasteiger partial charge in [0.2, 0.25) is 13.6 Å². The van der Waals surface area contributed by atoms with E-state index in [9.17, 15) is 24.3 Å². The van der Waals surface area contributed by atoms with Crippen LogP contribution >= 0.6 is 0 Å². The van der Waals surface area contributed by atoms with Crippen LogP contribution in [-0.2, 0) is 28.4 Å². The molecule has 0 bridgehead atoms. The standard InChI is InChI=1S/C33H33N3O15/c1-3-43-29(38)17-4-6-18(7-5-17)34-31(39)49-26-25(14-37)48-30(42-2)28(51-33(41)36-20-9-11-22-24(13-20)47-16-45-22)27(26)50-32(40)35-19-8-10-21-23(12-19)46-15-44-21/h4-13,25-28,30,37H,3,14-16H2,1-2H3,(H,34,39)(H,35,40)(H,36,41)/t25-,26-,27?,28?,30?/m1/s1. The Balaban J connectivity index is 1.22. The van der Waals surface area contributed by atoms with E-state index in [1.165, 1.54) is 49.6 Å². The first-order valence-corrected chi connectivity index (χ1v) is 15.5. The van der Waals surface area contributed by atoms with E-state index in [-0.39, 0.29) is 42.8 Å². The molecule has 1 saturated heterocycles. The van der Waals surface area contributed by atoms with E-state index in [0.717, 1.165) is 0 Å². The summed E-state index contributed by atoms with van der Waals surface area (Å²) >= 11 is 0. The summed E-state index contributed by atoms with van der Waals surface area (Å²) in [6, 6.07) is 15.0. The van der Waals surface area contributed by atoms with Gasteiger partial charge in [0, 0.05) is 36.3 Å². The Morgan fingerprint density at radius 1 is 0.686 bits per heavy atom. The molecule has 3 unspecified atom stereocenters. The molecule has 18 nitrogen and oxygen atoms in total. The molecule has 3 amide bonds. The number of rotatable bonds is 10. The third kappa shape index (κ3) is 8.26. The highest BCUT2D eigenvalue weighted by molar-refractivity contribution is 5.91. The SMILES string of the molecule is CCOC(=O)c1ccc(NC(=O)O[C@H]2C(OC(=O)Nc3ccc4c(c3)OCO4)C(OC(=O)Nc3ccc4c(c3)OCO4)C(OC)O[C@@H]2CO)cc1. The molecule has 0 saturated carbocycles. The number of hydrogen-bond acceptors (Lipinski definition) is 15. The summed E-state index contributed by atoms with van der Waals surface area (Å²) in [7, 11) is 1.24. The van der Waals surface area contributed by atoms with Crippen molar-refractivity contribution in [1.82, 2.24) is 0 Å². The molecule has 3 aliphatic rings. The number of ether oxygens (including phenoxy) is 10. The van der Waals surface area contributed by atoms with Crippen molar-refractivity contribution in [1.29, 1.82) is 0 Å². The smallest absolute Gasteiger partial charge is 0.412 e. The number of aliphatic hydroxyl groups excluding tert-OH is 1. The molecule has 3 aromatic rings. The molecule has 0 radical (unpaired) electrons. The van der Waals surface area contributed by atoms with Crippen LogP contribution in [0.15, 0.2) is 60.7 Å². The molecule has 0 spiro atoms. The average Bonchev–Trinajstić information content (AvgIpc) is 3.79. The number of carbonyl (C=O) groups is 4. The minimum Gasteiger partial charge on any atom is -0.462 e. The van der Waals surface area contributed by atoms with Crippen molar-refractivity contribution in [3.63, 3.8) is 0 Å². The second-order valence-electron chi connectivity index (χ2n) is 10.9. The van der Waals surface area contributed by atoms with Gasteiger partial charge in [0.1, 0.15) is 6.10 Å². The molecular formula is C33H33N3O15. The molecule has 4 N–H and O–H groups in total. The lowest BCUT2D eigenvalue weighted by Gasteiger charge is -2.43. The normalized spacial score (nSPS) is 21.2. The molecule has 3 aromatic carbocycles. The van der Waals surface area contributed by atoms with E-state index in [1.54, 1.807) is 25.1 Å². The summed E-state index contributed by atoms with van der Waals surface area (Å²) in [6.45, 7) is 1.16. The van der Waals surface area contributed by atoms with Gasteiger partial charge in [-0.3, -0.25) is 16.0 Å². The maximum atomic E-state index is 13.3. The quantitative estimate of drug-likeness (QED) is 0.174. The Bertz CT molecular complexity index is 1750. The summed E-state index contributed by atoms with van der Waals surface area (Å²) in [6.07, 6.45) is -10.6. The van der Waals surface area contributed by atoms with Crippen LogP contribution in [0.25, 0.3) is 0 Å². The summed E-state index contributed by atoms with van der Waals surface area (Å²) in [5.74, 6) is 1.19. The van der Waals surface area contributed by atoms with Gasteiger partial charge in [0.15, 0.2) is 47.6 Å². The minimum absolute atomic E-state index is 0.0101. The van der Waals surface area contributed by atoms with Crippen molar-refractivity contribution < 1.29 is 71.7 Å². The number of nitrogens with one attached hydrogen (secondary N) is 3. The van der Waals surface area contributed by atoms with Crippen molar-refractivity contribution in [2.24, 2.45) is 0 Å². The number of benzene rings is 3. The first-order valence-electron chi connectivity index (χ1n) is 15.5.